The van der Waals surface area contributed by atoms with Gasteiger partial charge in [-0.25, -0.2) is 4.98 Å². The Bertz CT molecular complexity index is 868. The van der Waals surface area contributed by atoms with E-state index in [2.05, 4.69) is 10.3 Å². The van der Waals surface area contributed by atoms with E-state index in [1.54, 1.807) is 13.1 Å². The number of aliphatic hydroxyl groups is 2. The Hall–Kier alpha value is -2.60. The summed E-state index contributed by atoms with van der Waals surface area (Å²) in [6.07, 6.45) is 3.60. The van der Waals surface area contributed by atoms with Gasteiger partial charge >= 0.3 is 0 Å². The van der Waals surface area contributed by atoms with Crippen LogP contribution in [0.25, 0.3) is 22.5 Å². The molecule has 0 amide bonds. The number of aliphatic hydroxyl groups excluding tert-OH is 1. The second-order valence-electron chi connectivity index (χ2n) is 7.10. The number of hydrogen-bond acceptors (Lipinski definition) is 5. The van der Waals surface area contributed by atoms with Crippen molar-refractivity contribution >= 4 is 0 Å². The van der Waals surface area contributed by atoms with Crippen LogP contribution in [0.15, 0.2) is 66.9 Å². The predicted octanol–water partition coefficient (Wildman–Crippen LogP) is 3.42. The van der Waals surface area contributed by atoms with Gasteiger partial charge in [0.25, 0.3) is 0 Å². The van der Waals surface area contributed by atoms with E-state index < -0.39 is 5.72 Å². The summed E-state index contributed by atoms with van der Waals surface area (Å²) < 4.78 is 0. The second-order valence-corrected chi connectivity index (χ2v) is 7.10. The maximum atomic E-state index is 10.7. The normalized spacial score (nSPS) is 13.2. The molecule has 0 spiro atoms. The van der Waals surface area contributed by atoms with E-state index >= 15 is 0 Å². The van der Waals surface area contributed by atoms with Crippen molar-refractivity contribution in [3.8, 4) is 22.5 Å². The van der Waals surface area contributed by atoms with Crippen molar-refractivity contribution in [2.45, 2.75) is 31.9 Å². The van der Waals surface area contributed by atoms with Crippen molar-refractivity contribution < 1.29 is 10.2 Å². The molecule has 0 fully saturated rings. The molecule has 0 saturated heterocycles. The number of rotatable bonds is 9. The summed E-state index contributed by atoms with van der Waals surface area (Å²) in [6.45, 7) is 2.53. The molecule has 0 aliphatic carbocycles. The first kappa shape index (κ1) is 20.1. The fraction of sp³-hybridized carbons (Fsp3) is 0.304. The SMILES string of the molecule is CC(O)(Cc1cnc(-c2ccccc2)c(-c2ccccc2)n1)NCCCCO. The van der Waals surface area contributed by atoms with E-state index in [0.29, 0.717) is 19.4 Å². The molecule has 3 aromatic rings. The average molecular weight is 377 g/mol. The first-order chi connectivity index (χ1) is 13.6. The van der Waals surface area contributed by atoms with Crippen molar-refractivity contribution in [2.75, 3.05) is 13.2 Å². The maximum absolute atomic E-state index is 10.7. The van der Waals surface area contributed by atoms with E-state index in [4.69, 9.17) is 10.1 Å². The fourth-order valence-electron chi connectivity index (χ4n) is 3.13. The number of nitrogens with zero attached hydrogens (tertiary/aromatic N) is 2. The summed E-state index contributed by atoms with van der Waals surface area (Å²) in [5.74, 6) is 0. The molecule has 0 aliphatic rings. The molecule has 2 aromatic carbocycles. The van der Waals surface area contributed by atoms with E-state index in [9.17, 15) is 5.11 Å². The molecule has 3 N–H and O–H groups in total. The molecule has 1 atom stereocenters. The zero-order chi connectivity index (χ0) is 19.8. The zero-order valence-electron chi connectivity index (χ0n) is 16.2. The van der Waals surface area contributed by atoms with Crippen molar-refractivity contribution in [1.29, 1.82) is 0 Å². The highest BCUT2D eigenvalue weighted by molar-refractivity contribution is 5.77. The summed E-state index contributed by atoms with van der Waals surface area (Å²) in [7, 11) is 0. The van der Waals surface area contributed by atoms with Gasteiger partial charge in [0, 0.05) is 30.4 Å². The summed E-state index contributed by atoms with van der Waals surface area (Å²) in [4.78, 5) is 9.53. The molecule has 0 saturated carbocycles. The highest BCUT2D eigenvalue weighted by Crippen LogP contribution is 2.29. The lowest BCUT2D eigenvalue weighted by atomic mass is 10.0. The van der Waals surface area contributed by atoms with E-state index in [1.807, 2.05) is 60.7 Å². The molecule has 1 aromatic heterocycles. The van der Waals surface area contributed by atoms with Crippen LogP contribution in [0.1, 0.15) is 25.5 Å². The van der Waals surface area contributed by atoms with E-state index in [0.717, 1.165) is 34.6 Å². The molecule has 146 valence electrons. The molecule has 1 heterocycles. The third kappa shape index (κ3) is 5.45. The van der Waals surface area contributed by atoms with Crippen LogP contribution < -0.4 is 5.32 Å². The molecule has 1 unspecified atom stereocenters. The number of hydrogen-bond donors (Lipinski definition) is 3. The van der Waals surface area contributed by atoms with Crippen LogP contribution in [0.5, 0.6) is 0 Å². The Labute approximate surface area is 166 Å². The quantitative estimate of drug-likeness (QED) is 0.393. The van der Waals surface area contributed by atoms with Gasteiger partial charge in [0.05, 0.1) is 17.1 Å². The molecule has 28 heavy (non-hydrogen) atoms. The monoisotopic (exact) mass is 377 g/mol. The molecular weight excluding hydrogens is 350 g/mol. The third-order valence-electron chi connectivity index (χ3n) is 4.53. The number of benzene rings is 2. The molecular formula is C23H27N3O2. The highest BCUT2D eigenvalue weighted by Gasteiger charge is 2.22. The lowest BCUT2D eigenvalue weighted by Crippen LogP contribution is -2.44. The van der Waals surface area contributed by atoms with Gasteiger partial charge in [-0.3, -0.25) is 10.3 Å². The number of nitrogens with one attached hydrogen (secondary N) is 1. The van der Waals surface area contributed by atoms with Crippen molar-refractivity contribution in [3.05, 3.63) is 72.6 Å². The molecule has 3 rings (SSSR count). The largest absolute Gasteiger partial charge is 0.396 e. The topological polar surface area (TPSA) is 78.3 Å². The summed E-state index contributed by atoms with van der Waals surface area (Å²) in [5.41, 5.74) is 3.26. The van der Waals surface area contributed by atoms with Crippen LogP contribution in [-0.4, -0.2) is 39.1 Å². The van der Waals surface area contributed by atoms with Crippen LogP contribution in [0, 0.1) is 0 Å². The third-order valence-corrected chi connectivity index (χ3v) is 4.53. The lowest BCUT2D eigenvalue weighted by molar-refractivity contribution is 0.0232. The Morgan fingerprint density at radius 1 is 0.893 bits per heavy atom. The minimum atomic E-state index is -1.09. The fourth-order valence-corrected chi connectivity index (χ4v) is 3.13. The van der Waals surface area contributed by atoms with Gasteiger partial charge < -0.3 is 10.2 Å². The Balaban J connectivity index is 1.88. The second kappa shape index (κ2) is 9.55. The lowest BCUT2D eigenvalue weighted by Gasteiger charge is -2.25. The molecule has 5 nitrogen and oxygen atoms in total. The van der Waals surface area contributed by atoms with Gasteiger partial charge in [-0.05, 0) is 26.3 Å². The molecule has 0 aliphatic heterocycles. The minimum absolute atomic E-state index is 0.163. The predicted molar refractivity (Wildman–Crippen MR) is 112 cm³/mol. The number of unbranched alkanes of at least 4 members (excludes halogenated alkanes) is 1. The van der Waals surface area contributed by atoms with Crippen LogP contribution in [0.2, 0.25) is 0 Å². The van der Waals surface area contributed by atoms with Crippen molar-refractivity contribution in [3.63, 3.8) is 0 Å². The average Bonchev–Trinajstić information content (AvgIpc) is 2.72. The van der Waals surface area contributed by atoms with Gasteiger partial charge in [0.2, 0.25) is 0 Å². The van der Waals surface area contributed by atoms with Gasteiger partial charge in [-0.2, -0.15) is 0 Å². The smallest absolute Gasteiger partial charge is 0.118 e. The van der Waals surface area contributed by atoms with Gasteiger partial charge in [0.1, 0.15) is 5.72 Å². The van der Waals surface area contributed by atoms with E-state index in [1.165, 1.54) is 0 Å². The Morgan fingerprint density at radius 3 is 2.11 bits per heavy atom. The highest BCUT2D eigenvalue weighted by atomic mass is 16.3. The van der Waals surface area contributed by atoms with Gasteiger partial charge in [-0.15, -0.1) is 0 Å². The maximum Gasteiger partial charge on any atom is 0.118 e. The number of aromatic nitrogens is 2. The van der Waals surface area contributed by atoms with Gasteiger partial charge in [0.15, 0.2) is 0 Å². The Morgan fingerprint density at radius 2 is 1.50 bits per heavy atom. The van der Waals surface area contributed by atoms with E-state index in [-0.39, 0.29) is 6.61 Å². The zero-order valence-corrected chi connectivity index (χ0v) is 16.2. The van der Waals surface area contributed by atoms with Crippen LogP contribution in [0.4, 0.5) is 0 Å². The van der Waals surface area contributed by atoms with Crippen LogP contribution in [-0.2, 0) is 6.42 Å². The van der Waals surface area contributed by atoms with Crippen molar-refractivity contribution in [2.24, 2.45) is 0 Å². The van der Waals surface area contributed by atoms with Crippen LogP contribution >= 0.6 is 0 Å². The summed E-state index contributed by atoms with van der Waals surface area (Å²) >= 11 is 0. The van der Waals surface area contributed by atoms with Crippen molar-refractivity contribution in [1.82, 2.24) is 15.3 Å². The first-order valence-electron chi connectivity index (χ1n) is 9.64. The van der Waals surface area contributed by atoms with Gasteiger partial charge in [-0.1, -0.05) is 60.7 Å². The minimum Gasteiger partial charge on any atom is -0.396 e. The summed E-state index contributed by atoms with van der Waals surface area (Å²) in [6, 6.07) is 20.0. The summed E-state index contributed by atoms with van der Waals surface area (Å²) in [5, 5.41) is 22.7. The first-order valence-corrected chi connectivity index (χ1v) is 9.64. The van der Waals surface area contributed by atoms with Crippen LogP contribution in [0.3, 0.4) is 0 Å². The molecule has 0 bridgehead atoms. The Kier molecular flexibility index (Phi) is 6.87. The standard InChI is InChI=1S/C23H27N3O2/c1-23(28,25-14-8-9-15-27)16-20-17-24-21(18-10-4-2-5-11-18)22(26-20)19-12-6-3-7-13-19/h2-7,10-13,17,25,27-28H,8-9,14-16H2,1H3. The molecule has 0 radical (unpaired) electrons. The molecule has 5 heteroatoms.